The second kappa shape index (κ2) is 6.71. The Kier molecular flexibility index (Phi) is 4.02. The Labute approximate surface area is 168 Å². The van der Waals surface area contributed by atoms with Gasteiger partial charge in [-0.2, -0.15) is 9.78 Å². The average Bonchev–Trinajstić information content (AvgIpc) is 3.44. The first-order valence-electron chi connectivity index (χ1n) is 8.64. The van der Waals surface area contributed by atoms with Gasteiger partial charge in [-0.25, -0.2) is 5.10 Å². The van der Waals surface area contributed by atoms with E-state index >= 15 is 0 Å². The molecule has 1 aliphatic heterocycles. The number of methoxy groups -OCH3 is 2. The molecule has 29 heavy (non-hydrogen) atoms. The summed E-state index contributed by atoms with van der Waals surface area (Å²) < 4.78 is 12.4. The van der Waals surface area contributed by atoms with Crippen LogP contribution in [0.3, 0.4) is 0 Å². The number of H-pyrrole nitrogens is 1. The van der Waals surface area contributed by atoms with Gasteiger partial charge in [0, 0.05) is 5.56 Å². The highest BCUT2D eigenvalue weighted by Crippen LogP contribution is 2.43. The minimum absolute atomic E-state index is 0.347. The highest BCUT2D eigenvalue weighted by Gasteiger charge is 2.35. The Morgan fingerprint density at radius 3 is 2.79 bits per heavy atom. The minimum atomic E-state index is -0.483. The number of rotatable bonds is 4. The summed E-state index contributed by atoms with van der Waals surface area (Å²) in [5.41, 5.74) is 2.18. The highest BCUT2D eigenvalue weighted by molar-refractivity contribution is 7.13. The van der Waals surface area contributed by atoms with Crippen LogP contribution in [0.1, 0.15) is 17.2 Å². The van der Waals surface area contributed by atoms with Gasteiger partial charge in [0.05, 0.1) is 19.1 Å². The molecule has 1 aromatic carbocycles. The Balaban J connectivity index is 1.80. The predicted octanol–water partition coefficient (Wildman–Crippen LogP) is 2.20. The molecule has 0 spiro atoms. The third kappa shape index (κ3) is 2.66. The van der Waals surface area contributed by atoms with Crippen LogP contribution in [0.5, 0.6) is 11.5 Å². The monoisotopic (exact) mass is 409 g/mol. The molecule has 0 aliphatic carbocycles. The van der Waals surface area contributed by atoms with E-state index in [-0.39, 0.29) is 5.56 Å². The maximum Gasteiger partial charge on any atom is 0.288 e. The van der Waals surface area contributed by atoms with E-state index in [1.165, 1.54) is 11.3 Å². The maximum atomic E-state index is 12.6. The van der Waals surface area contributed by atoms with Gasteiger partial charge >= 0.3 is 0 Å². The summed E-state index contributed by atoms with van der Waals surface area (Å²) in [7, 11) is 3.15. The number of aromatic amines is 1. The molecule has 0 saturated carbocycles. The highest BCUT2D eigenvalue weighted by atomic mass is 32.1. The lowest BCUT2D eigenvalue weighted by atomic mass is 9.94. The quantitative estimate of drug-likeness (QED) is 0.464. The van der Waals surface area contributed by atoms with Crippen LogP contribution in [0.2, 0.25) is 0 Å². The van der Waals surface area contributed by atoms with Crippen molar-refractivity contribution < 1.29 is 9.47 Å². The van der Waals surface area contributed by atoms with Crippen LogP contribution in [-0.4, -0.2) is 44.6 Å². The van der Waals surface area contributed by atoms with Crippen LogP contribution in [-0.2, 0) is 0 Å². The summed E-state index contributed by atoms with van der Waals surface area (Å²) in [6.07, 6.45) is 0. The standard InChI is InChI=1S/C18H15N7O3S/c1-27-10-6-5-9(8-11(10)28-2)16-13-14(12-4-3-7-29-12)20-21-17(26)15(13)19-18-22-23-24-25(16)18/h3-8,16H,1-2H3,(H,21,26)(H,19,22,24)/t16-/m0/s1. The molecule has 0 radical (unpaired) electrons. The largest absolute Gasteiger partial charge is 0.493 e. The second-order valence-corrected chi connectivity index (χ2v) is 7.20. The lowest BCUT2D eigenvalue weighted by Gasteiger charge is -2.27. The predicted molar refractivity (Wildman–Crippen MR) is 106 cm³/mol. The third-order valence-electron chi connectivity index (χ3n) is 4.75. The fourth-order valence-electron chi connectivity index (χ4n) is 3.47. The smallest absolute Gasteiger partial charge is 0.288 e. The molecule has 0 saturated heterocycles. The molecule has 146 valence electrons. The van der Waals surface area contributed by atoms with Crippen LogP contribution >= 0.6 is 11.3 Å². The molecule has 4 aromatic rings. The number of aromatic nitrogens is 6. The molecule has 0 bridgehead atoms. The number of thiophene rings is 1. The molecule has 1 atom stereocenters. The number of hydrogen-bond acceptors (Lipinski definition) is 9. The molecule has 11 heteroatoms. The fraction of sp³-hybridized carbons (Fsp3) is 0.167. The zero-order valence-electron chi connectivity index (χ0n) is 15.4. The molecular formula is C18H15N7O3S. The average molecular weight is 409 g/mol. The number of hydrogen-bond donors (Lipinski definition) is 2. The first-order valence-corrected chi connectivity index (χ1v) is 9.52. The van der Waals surface area contributed by atoms with E-state index in [1.807, 2.05) is 35.7 Å². The van der Waals surface area contributed by atoms with E-state index in [2.05, 4.69) is 31.0 Å². The van der Waals surface area contributed by atoms with Gasteiger partial charge in [0.15, 0.2) is 11.5 Å². The summed E-state index contributed by atoms with van der Waals surface area (Å²) in [5.74, 6) is 1.53. The Morgan fingerprint density at radius 2 is 2.03 bits per heavy atom. The van der Waals surface area contributed by atoms with Crippen molar-refractivity contribution in [1.82, 2.24) is 30.4 Å². The van der Waals surface area contributed by atoms with Crippen LogP contribution < -0.4 is 20.3 Å². The van der Waals surface area contributed by atoms with Gasteiger partial charge in [0.25, 0.3) is 5.56 Å². The van der Waals surface area contributed by atoms with Crippen molar-refractivity contribution in [3.63, 3.8) is 0 Å². The second-order valence-electron chi connectivity index (χ2n) is 6.26. The van der Waals surface area contributed by atoms with Crippen LogP contribution in [0.25, 0.3) is 10.6 Å². The Hall–Kier alpha value is -3.73. The van der Waals surface area contributed by atoms with Crippen LogP contribution in [0.4, 0.5) is 11.6 Å². The molecular weight excluding hydrogens is 394 g/mol. The summed E-state index contributed by atoms with van der Waals surface area (Å²) in [5, 5.41) is 23.8. The van der Waals surface area contributed by atoms with Crippen molar-refractivity contribution in [2.24, 2.45) is 0 Å². The normalized spacial score (nSPS) is 14.6. The Morgan fingerprint density at radius 1 is 1.17 bits per heavy atom. The van der Waals surface area contributed by atoms with Crippen LogP contribution in [0, 0.1) is 0 Å². The minimum Gasteiger partial charge on any atom is -0.493 e. The molecule has 0 amide bonds. The molecule has 4 heterocycles. The van der Waals surface area contributed by atoms with Gasteiger partial charge < -0.3 is 14.8 Å². The molecule has 2 N–H and O–H groups in total. The van der Waals surface area contributed by atoms with Crippen molar-refractivity contribution in [3.05, 3.63) is 57.2 Å². The van der Waals surface area contributed by atoms with Crippen molar-refractivity contribution >= 4 is 23.0 Å². The van der Waals surface area contributed by atoms with Crippen molar-refractivity contribution in [2.75, 3.05) is 19.5 Å². The number of fused-ring (bicyclic) bond motifs is 2. The zero-order valence-corrected chi connectivity index (χ0v) is 16.2. The van der Waals surface area contributed by atoms with Gasteiger partial charge in [-0.3, -0.25) is 4.79 Å². The van der Waals surface area contributed by atoms with E-state index < -0.39 is 6.04 Å². The van der Waals surface area contributed by atoms with Gasteiger partial charge in [-0.1, -0.05) is 17.2 Å². The number of tetrazole rings is 1. The SMILES string of the molecule is COc1ccc([C@H]2c3c(-c4cccs4)n[nH]c(=O)c3Nc3nnnn32)cc1OC. The van der Waals surface area contributed by atoms with Gasteiger partial charge in [0.2, 0.25) is 5.95 Å². The first kappa shape index (κ1) is 17.4. The summed E-state index contributed by atoms with van der Waals surface area (Å²) >= 11 is 1.53. The lowest BCUT2D eigenvalue weighted by Crippen LogP contribution is -2.29. The van der Waals surface area contributed by atoms with Crippen LogP contribution in [0.15, 0.2) is 40.5 Å². The summed E-state index contributed by atoms with van der Waals surface area (Å²) in [4.78, 5) is 13.5. The molecule has 0 fully saturated rings. The number of benzene rings is 1. The number of ether oxygens (including phenoxy) is 2. The fourth-order valence-corrected chi connectivity index (χ4v) is 4.20. The lowest BCUT2D eigenvalue weighted by molar-refractivity contribution is 0.354. The topological polar surface area (TPSA) is 120 Å². The van der Waals surface area contributed by atoms with E-state index in [0.29, 0.717) is 34.4 Å². The molecule has 1 aliphatic rings. The van der Waals surface area contributed by atoms with E-state index in [1.54, 1.807) is 18.9 Å². The van der Waals surface area contributed by atoms with E-state index in [9.17, 15) is 4.79 Å². The number of anilines is 2. The van der Waals surface area contributed by atoms with Crippen molar-refractivity contribution in [1.29, 1.82) is 0 Å². The van der Waals surface area contributed by atoms with Gasteiger partial charge in [-0.15, -0.1) is 11.3 Å². The molecule has 5 rings (SSSR count). The first-order chi connectivity index (χ1) is 14.2. The van der Waals surface area contributed by atoms with Gasteiger partial charge in [-0.05, 0) is 39.6 Å². The Bertz CT molecular complexity index is 1250. The number of nitrogens with zero attached hydrogens (tertiary/aromatic N) is 5. The molecule has 10 nitrogen and oxygen atoms in total. The molecule has 3 aromatic heterocycles. The summed E-state index contributed by atoms with van der Waals surface area (Å²) in [6, 6.07) is 8.96. The van der Waals surface area contributed by atoms with Crippen molar-refractivity contribution in [2.45, 2.75) is 6.04 Å². The molecule has 0 unspecified atom stereocenters. The van der Waals surface area contributed by atoms with E-state index in [0.717, 1.165) is 10.4 Å². The summed E-state index contributed by atoms with van der Waals surface area (Å²) in [6.45, 7) is 0. The zero-order chi connectivity index (χ0) is 20.0. The van der Waals surface area contributed by atoms with E-state index in [4.69, 9.17) is 9.47 Å². The van der Waals surface area contributed by atoms with Crippen molar-refractivity contribution in [3.8, 4) is 22.1 Å². The number of nitrogens with one attached hydrogen (secondary N) is 2. The van der Waals surface area contributed by atoms with Gasteiger partial charge in [0.1, 0.15) is 17.4 Å². The maximum absolute atomic E-state index is 12.6. The third-order valence-corrected chi connectivity index (χ3v) is 5.62.